The van der Waals surface area contributed by atoms with Crippen molar-refractivity contribution in [3.63, 3.8) is 0 Å². The highest BCUT2D eigenvalue weighted by atomic mass is 32.2. The fourth-order valence-corrected chi connectivity index (χ4v) is 5.92. The van der Waals surface area contributed by atoms with Gasteiger partial charge >= 0.3 is 0 Å². The average molecular weight is 398 g/mol. The van der Waals surface area contributed by atoms with Crippen LogP contribution >= 0.6 is 23.5 Å². The largest absolute Gasteiger partial charge is 0.326 e. The predicted molar refractivity (Wildman–Crippen MR) is 113 cm³/mol. The molecule has 0 bridgehead atoms. The van der Waals surface area contributed by atoms with Gasteiger partial charge in [-0.15, -0.1) is 23.5 Å². The Hall–Kier alpha value is -2.25. The number of aromatic nitrogens is 2. The van der Waals surface area contributed by atoms with Crippen LogP contribution in [-0.4, -0.2) is 27.2 Å². The second-order valence-corrected chi connectivity index (χ2v) is 8.97. The minimum absolute atomic E-state index is 0.0662. The molecule has 1 aliphatic rings. The van der Waals surface area contributed by atoms with Crippen LogP contribution in [0.4, 0.5) is 5.69 Å². The second kappa shape index (κ2) is 8.19. The topological polar surface area (TPSA) is 64.0 Å². The van der Waals surface area contributed by atoms with Crippen LogP contribution in [-0.2, 0) is 11.3 Å². The van der Waals surface area contributed by atoms with Gasteiger partial charge in [0.1, 0.15) is 0 Å². The summed E-state index contributed by atoms with van der Waals surface area (Å²) in [6.07, 6.45) is 1.59. The molecule has 138 valence electrons. The Kier molecular flexibility index (Phi) is 5.50. The molecule has 1 N–H and O–H groups in total. The lowest BCUT2D eigenvalue weighted by atomic mass is 10.2. The van der Waals surface area contributed by atoms with E-state index in [-0.39, 0.29) is 17.8 Å². The number of benzene rings is 2. The number of aryl methyl sites for hydroxylation is 1. The summed E-state index contributed by atoms with van der Waals surface area (Å²) >= 11 is 3.89. The lowest BCUT2D eigenvalue weighted by Crippen LogP contribution is -2.18. The van der Waals surface area contributed by atoms with Gasteiger partial charge in [0.2, 0.25) is 11.3 Å². The van der Waals surface area contributed by atoms with Crippen molar-refractivity contribution < 1.29 is 4.79 Å². The molecular formula is C20H19N3O2S2. The third-order valence-electron chi connectivity index (χ3n) is 4.38. The molecule has 3 aromatic rings. The van der Waals surface area contributed by atoms with Crippen molar-refractivity contribution in [2.75, 3.05) is 16.8 Å². The molecule has 2 heterocycles. The summed E-state index contributed by atoms with van der Waals surface area (Å²) in [4.78, 5) is 24.3. The lowest BCUT2D eigenvalue weighted by molar-refractivity contribution is -0.116. The quantitative estimate of drug-likeness (QED) is 0.707. The van der Waals surface area contributed by atoms with Crippen LogP contribution in [0.3, 0.4) is 0 Å². The normalized spacial score (nSPS) is 14.5. The maximum absolute atomic E-state index is 12.4. The van der Waals surface area contributed by atoms with Gasteiger partial charge in [-0.3, -0.25) is 14.3 Å². The van der Waals surface area contributed by atoms with Crippen LogP contribution in [0, 0.1) is 0 Å². The standard InChI is InChI=1S/C20H19N3O2S2/c24-18-13-21-23(17-7-2-1-6-16(17)18)9-8-19(25)22-15-5-3-4-14(12-15)20-26-10-11-27-20/h1-7,12-13,20H,8-11H2,(H,22,25). The van der Waals surface area contributed by atoms with Gasteiger partial charge in [-0.1, -0.05) is 24.3 Å². The molecule has 1 aliphatic heterocycles. The Morgan fingerprint density at radius 1 is 1.15 bits per heavy atom. The smallest absolute Gasteiger partial charge is 0.226 e. The van der Waals surface area contributed by atoms with E-state index in [2.05, 4.69) is 22.5 Å². The maximum atomic E-state index is 12.4. The molecule has 1 saturated heterocycles. The molecule has 5 nitrogen and oxygen atoms in total. The van der Waals surface area contributed by atoms with E-state index in [0.29, 0.717) is 16.5 Å². The van der Waals surface area contributed by atoms with Gasteiger partial charge in [-0.2, -0.15) is 5.10 Å². The third-order valence-corrected chi connectivity index (χ3v) is 7.48. The molecule has 0 aliphatic carbocycles. The van der Waals surface area contributed by atoms with Crippen LogP contribution in [0.15, 0.2) is 59.5 Å². The molecule has 0 spiro atoms. The molecule has 7 heteroatoms. The molecule has 0 atom stereocenters. The van der Waals surface area contributed by atoms with E-state index in [0.717, 1.165) is 11.2 Å². The van der Waals surface area contributed by atoms with E-state index >= 15 is 0 Å². The molecule has 4 rings (SSSR count). The van der Waals surface area contributed by atoms with Gasteiger partial charge in [-0.05, 0) is 29.8 Å². The molecule has 0 radical (unpaired) electrons. The molecule has 1 aromatic heterocycles. The number of rotatable bonds is 5. The molecule has 0 saturated carbocycles. The zero-order valence-electron chi connectivity index (χ0n) is 14.6. The molecule has 1 amide bonds. The zero-order valence-corrected chi connectivity index (χ0v) is 16.3. The molecule has 27 heavy (non-hydrogen) atoms. The summed E-state index contributed by atoms with van der Waals surface area (Å²) in [6, 6.07) is 15.4. The zero-order chi connectivity index (χ0) is 18.6. The fraction of sp³-hybridized carbons (Fsp3) is 0.250. The summed E-state index contributed by atoms with van der Waals surface area (Å²) in [6.45, 7) is 0.417. The number of amides is 1. The van der Waals surface area contributed by atoms with Crippen molar-refractivity contribution >= 4 is 46.0 Å². The van der Waals surface area contributed by atoms with Gasteiger partial charge in [-0.25, -0.2) is 0 Å². The number of hydrogen-bond acceptors (Lipinski definition) is 5. The fourth-order valence-electron chi connectivity index (χ4n) is 3.08. The number of fused-ring (bicyclic) bond motifs is 1. The Balaban J connectivity index is 1.43. The van der Waals surface area contributed by atoms with Gasteiger partial charge in [0.25, 0.3) is 0 Å². The van der Waals surface area contributed by atoms with Crippen molar-refractivity contribution in [3.8, 4) is 0 Å². The van der Waals surface area contributed by atoms with Crippen LogP contribution in [0.25, 0.3) is 10.9 Å². The summed E-state index contributed by atoms with van der Waals surface area (Å²) in [5.41, 5.74) is 2.71. The van der Waals surface area contributed by atoms with Crippen molar-refractivity contribution in [1.29, 1.82) is 0 Å². The monoisotopic (exact) mass is 397 g/mol. The first-order chi connectivity index (χ1) is 13.2. The highest BCUT2D eigenvalue weighted by Crippen LogP contribution is 2.45. The maximum Gasteiger partial charge on any atom is 0.226 e. The first-order valence-electron chi connectivity index (χ1n) is 8.78. The number of para-hydroxylation sites is 1. The SMILES string of the molecule is O=C(CCn1ncc(=O)c2ccccc21)Nc1cccc(C2SCCS2)c1. The Labute approximate surface area is 165 Å². The number of nitrogens with zero attached hydrogens (tertiary/aromatic N) is 2. The predicted octanol–water partition coefficient (Wildman–Crippen LogP) is 3.90. The Morgan fingerprint density at radius 2 is 1.96 bits per heavy atom. The van der Waals surface area contributed by atoms with E-state index in [1.54, 1.807) is 10.7 Å². The Bertz CT molecular complexity index is 1030. The van der Waals surface area contributed by atoms with Gasteiger partial charge in [0.05, 0.1) is 22.8 Å². The second-order valence-electron chi connectivity index (χ2n) is 6.25. The summed E-state index contributed by atoms with van der Waals surface area (Å²) < 4.78 is 2.16. The minimum atomic E-state index is -0.106. The van der Waals surface area contributed by atoms with E-state index in [4.69, 9.17) is 0 Å². The summed E-state index contributed by atoms with van der Waals surface area (Å²) in [5.74, 6) is 2.28. The number of anilines is 1. The molecular weight excluding hydrogens is 378 g/mol. The van der Waals surface area contributed by atoms with Crippen LogP contribution < -0.4 is 10.7 Å². The molecule has 1 fully saturated rings. The average Bonchev–Trinajstić information content (AvgIpc) is 3.23. The molecule has 0 unspecified atom stereocenters. The van der Waals surface area contributed by atoms with Crippen molar-refractivity contribution in [3.05, 3.63) is 70.5 Å². The number of carbonyl (C=O) groups is 1. The van der Waals surface area contributed by atoms with E-state index in [1.807, 2.05) is 53.9 Å². The van der Waals surface area contributed by atoms with Crippen LogP contribution in [0.2, 0.25) is 0 Å². The van der Waals surface area contributed by atoms with Crippen LogP contribution in [0.1, 0.15) is 16.6 Å². The number of thioether (sulfide) groups is 2. The van der Waals surface area contributed by atoms with Gasteiger partial charge < -0.3 is 5.32 Å². The highest BCUT2D eigenvalue weighted by Gasteiger charge is 2.18. The van der Waals surface area contributed by atoms with Gasteiger partial charge in [0.15, 0.2) is 0 Å². The Morgan fingerprint density at radius 3 is 2.81 bits per heavy atom. The van der Waals surface area contributed by atoms with Crippen molar-refractivity contribution in [2.45, 2.75) is 17.5 Å². The first kappa shape index (κ1) is 18.1. The van der Waals surface area contributed by atoms with E-state index < -0.39 is 0 Å². The van der Waals surface area contributed by atoms with Gasteiger partial charge in [0, 0.05) is 29.0 Å². The summed E-state index contributed by atoms with van der Waals surface area (Å²) in [5, 5.41) is 7.76. The van der Waals surface area contributed by atoms with Crippen LogP contribution in [0.5, 0.6) is 0 Å². The number of carbonyl (C=O) groups excluding carboxylic acids is 1. The van der Waals surface area contributed by atoms with Crippen molar-refractivity contribution in [1.82, 2.24) is 9.78 Å². The summed E-state index contributed by atoms with van der Waals surface area (Å²) in [7, 11) is 0. The van der Waals surface area contributed by atoms with Crippen molar-refractivity contribution in [2.24, 2.45) is 0 Å². The number of nitrogens with one attached hydrogen (secondary N) is 1. The third kappa shape index (κ3) is 4.20. The lowest BCUT2D eigenvalue weighted by Gasteiger charge is -2.12. The highest BCUT2D eigenvalue weighted by molar-refractivity contribution is 8.19. The number of hydrogen-bond donors (Lipinski definition) is 1. The van der Waals surface area contributed by atoms with E-state index in [1.165, 1.54) is 23.3 Å². The van der Waals surface area contributed by atoms with E-state index in [9.17, 15) is 9.59 Å². The molecule has 2 aromatic carbocycles. The first-order valence-corrected chi connectivity index (χ1v) is 10.9. The minimum Gasteiger partial charge on any atom is -0.326 e.